The first kappa shape index (κ1) is 25.6. The lowest BCUT2D eigenvalue weighted by Crippen LogP contribution is -2.80. The number of carboxylic acids is 1. The van der Waals surface area contributed by atoms with E-state index in [9.17, 15) is 19.1 Å². The lowest BCUT2D eigenvalue weighted by molar-refractivity contribution is -0.222. The summed E-state index contributed by atoms with van der Waals surface area (Å²) in [5.74, 6) is -1.19. The molecular formula is C26H26BrFN4O5S. The van der Waals surface area contributed by atoms with Crippen molar-refractivity contribution in [1.29, 1.82) is 0 Å². The van der Waals surface area contributed by atoms with Crippen LogP contribution in [0.4, 0.5) is 4.39 Å². The van der Waals surface area contributed by atoms with Gasteiger partial charge in [0.05, 0.1) is 29.9 Å². The molecule has 3 fully saturated rings. The Morgan fingerprint density at radius 3 is 2.97 bits per heavy atom. The molecule has 3 aliphatic heterocycles. The minimum atomic E-state index is -0.818. The molecular weight excluding hydrogens is 579 g/mol. The number of carboxylic acid groups (broad SMARTS) is 1. The standard InChI is InChI=1S/C26H26BrFN4O5S/c1-2-37-25(35)20-16(10-32-17-8-13(9-19(33)34)26(17)12-36-11-18(26)32)30-23(24-29-6-7-38-24)31-22(20)14-4-3-5-15(28)21(14)27/h3-7,13,17-18,22H,2,8-12H2,1H3,(H,30,31)(H,33,34). The number of halogens is 2. The summed E-state index contributed by atoms with van der Waals surface area (Å²) < 4.78 is 26.2. The number of amidine groups is 1. The molecule has 1 aromatic heterocycles. The summed E-state index contributed by atoms with van der Waals surface area (Å²) in [6.07, 6.45) is 2.58. The number of carbonyl (C=O) groups is 2. The van der Waals surface area contributed by atoms with Crippen molar-refractivity contribution < 1.29 is 28.6 Å². The zero-order valence-electron chi connectivity index (χ0n) is 20.5. The maximum Gasteiger partial charge on any atom is 0.338 e. The lowest BCUT2D eigenvalue weighted by atomic mass is 9.46. The van der Waals surface area contributed by atoms with Crippen molar-refractivity contribution in [2.45, 2.75) is 37.9 Å². The summed E-state index contributed by atoms with van der Waals surface area (Å²) in [4.78, 5) is 36.4. The van der Waals surface area contributed by atoms with E-state index < -0.39 is 23.8 Å². The maximum absolute atomic E-state index is 14.6. The number of hydrogen-bond acceptors (Lipinski definition) is 9. The van der Waals surface area contributed by atoms with Gasteiger partial charge in [0.25, 0.3) is 0 Å². The highest BCUT2D eigenvalue weighted by Gasteiger charge is 2.73. The summed E-state index contributed by atoms with van der Waals surface area (Å²) in [7, 11) is 0. The van der Waals surface area contributed by atoms with Gasteiger partial charge in [0.1, 0.15) is 11.9 Å². The second kappa shape index (κ2) is 9.82. The monoisotopic (exact) mass is 604 g/mol. The number of piperidine rings is 1. The summed E-state index contributed by atoms with van der Waals surface area (Å²) >= 11 is 4.77. The van der Waals surface area contributed by atoms with Gasteiger partial charge in [-0.05, 0) is 46.8 Å². The van der Waals surface area contributed by atoms with E-state index in [4.69, 9.17) is 14.5 Å². The van der Waals surface area contributed by atoms with E-state index in [0.717, 1.165) is 6.42 Å². The third kappa shape index (κ3) is 3.92. The Morgan fingerprint density at radius 1 is 1.39 bits per heavy atom. The molecule has 9 nitrogen and oxygen atoms in total. The van der Waals surface area contributed by atoms with Crippen LogP contribution in [0.15, 0.2) is 50.5 Å². The van der Waals surface area contributed by atoms with Crippen molar-refractivity contribution in [3.63, 3.8) is 0 Å². The number of ether oxygens (including phenoxy) is 2. The highest BCUT2D eigenvalue weighted by atomic mass is 79.9. The average Bonchev–Trinajstić information content (AvgIpc) is 3.57. The number of aromatic nitrogens is 1. The van der Waals surface area contributed by atoms with Crippen molar-refractivity contribution in [1.82, 2.24) is 15.2 Å². The van der Waals surface area contributed by atoms with Gasteiger partial charge in [-0.2, -0.15) is 0 Å². The van der Waals surface area contributed by atoms with E-state index in [1.807, 2.05) is 5.38 Å². The van der Waals surface area contributed by atoms with Crippen LogP contribution in [0.25, 0.3) is 0 Å². The van der Waals surface area contributed by atoms with Crippen molar-refractivity contribution in [3.05, 3.63) is 61.9 Å². The summed E-state index contributed by atoms with van der Waals surface area (Å²) in [6.45, 7) is 3.38. The van der Waals surface area contributed by atoms with Crippen molar-refractivity contribution in [2.75, 3.05) is 26.4 Å². The van der Waals surface area contributed by atoms with E-state index in [-0.39, 0.29) is 40.9 Å². The Kier molecular flexibility index (Phi) is 6.61. The number of nitrogens with one attached hydrogen (secondary N) is 1. The zero-order chi connectivity index (χ0) is 26.6. The van der Waals surface area contributed by atoms with Crippen molar-refractivity contribution in [2.24, 2.45) is 16.3 Å². The number of hydrogen-bond donors (Lipinski definition) is 2. The third-order valence-electron chi connectivity index (χ3n) is 8.23. The fourth-order valence-corrected chi connectivity index (χ4v) is 7.64. The molecule has 0 radical (unpaired) electrons. The maximum atomic E-state index is 14.6. The second-order valence-corrected chi connectivity index (χ2v) is 11.6. The Labute approximate surface area is 230 Å². The molecule has 2 N–H and O–H groups in total. The Balaban J connectivity index is 1.40. The number of nitrogens with zero attached hydrogens (tertiary/aromatic N) is 3. The van der Waals surface area contributed by atoms with E-state index in [0.29, 0.717) is 47.4 Å². The fraction of sp³-hybridized carbons (Fsp3) is 0.462. The Bertz CT molecular complexity index is 1350. The van der Waals surface area contributed by atoms with Gasteiger partial charge in [0, 0.05) is 47.7 Å². The second-order valence-electron chi connectivity index (χ2n) is 9.96. The Hall–Kier alpha value is -2.67. The minimum absolute atomic E-state index is 0.0601. The van der Waals surface area contributed by atoms with E-state index in [1.54, 1.807) is 25.3 Å². The number of benzene rings is 1. The van der Waals surface area contributed by atoms with Crippen LogP contribution in [0.2, 0.25) is 0 Å². The molecule has 12 heteroatoms. The van der Waals surface area contributed by atoms with Crippen LogP contribution < -0.4 is 5.32 Å². The van der Waals surface area contributed by atoms with E-state index in [2.05, 4.69) is 31.1 Å². The zero-order valence-corrected chi connectivity index (χ0v) is 22.9. The van der Waals surface area contributed by atoms with E-state index in [1.165, 1.54) is 17.4 Å². The van der Waals surface area contributed by atoms with Crippen LogP contribution >= 0.6 is 27.3 Å². The van der Waals surface area contributed by atoms with Gasteiger partial charge in [-0.25, -0.2) is 14.2 Å². The van der Waals surface area contributed by atoms with Gasteiger partial charge in [-0.15, -0.1) is 11.3 Å². The number of aliphatic carboxylic acids is 1. The molecule has 5 unspecified atom stereocenters. The highest BCUT2D eigenvalue weighted by molar-refractivity contribution is 9.10. The quantitative estimate of drug-likeness (QED) is 0.440. The third-order valence-corrected chi connectivity index (χ3v) is 9.85. The van der Waals surface area contributed by atoms with Crippen LogP contribution in [0.1, 0.15) is 36.4 Å². The molecule has 2 aromatic rings. The Morgan fingerprint density at radius 2 is 2.24 bits per heavy atom. The molecule has 5 atom stereocenters. The number of likely N-dealkylation sites (tertiary alicyclic amines) is 1. The fourth-order valence-electron chi connectivity index (χ4n) is 6.57. The van der Waals surface area contributed by atoms with Crippen molar-refractivity contribution in [3.8, 4) is 0 Å². The molecule has 6 rings (SSSR count). The van der Waals surface area contributed by atoms with Crippen LogP contribution in [0.5, 0.6) is 0 Å². The number of carbonyl (C=O) groups excluding carboxylic acids is 1. The van der Waals surface area contributed by atoms with Gasteiger partial charge >= 0.3 is 11.9 Å². The minimum Gasteiger partial charge on any atom is -0.481 e. The molecule has 0 bridgehead atoms. The van der Waals surface area contributed by atoms with Crippen LogP contribution in [-0.2, 0) is 19.1 Å². The molecule has 0 amide bonds. The highest BCUT2D eigenvalue weighted by Crippen LogP contribution is 2.65. The summed E-state index contributed by atoms with van der Waals surface area (Å²) in [5.41, 5.74) is 1.28. The van der Waals surface area contributed by atoms with Crippen LogP contribution in [0.3, 0.4) is 0 Å². The molecule has 1 aromatic carbocycles. The number of thiazole rings is 1. The van der Waals surface area contributed by atoms with Gasteiger partial charge in [0.15, 0.2) is 10.8 Å². The SMILES string of the molecule is CCOC(=O)C1=C(CN2C3COCC34C(CC(=O)O)CC24)NC(c2nccs2)=NC1c1cccc(F)c1Br. The molecule has 1 saturated carbocycles. The first-order valence-electron chi connectivity index (χ1n) is 12.5. The normalized spacial score (nSPS) is 29.9. The molecule has 1 spiro atoms. The molecule has 1 aliphatic carbocycles. The number of rotatable bonds is 8. The largest absolute Gasteiger partial charge is 0.481 e. The van der Waals surface area contributed by atoms with Gasteiger partial charge in [0.2, 0.25) is 0 Å². The van der Waals surface area contributed by atoms with Gasteiger partial charge in [-0.1, -0.05) is 12.1 Å². The first-order valence-corrected chi connectivity index (χ1v) is 14.2. The van der Waals surface area contributed by atoms with Gasteiger partial charge in [-0.3, -0.25) is 14.7 Å². The molecule has 200 valence electrons. The molecule has 4 aliphatic rings. The lowest BCUT2D eigenvalue weighted by Gasteiger charge is -2.71. The van der Waals surface area contributed by atoms with E-state index >= 15 is 0 Å². The molecule has 4 heterocycles. The molecule has 38 heavy (non-hydrogen) atoms. The first-order chi connectivity index (χ1) is 18.3. The number of esters is 1. The van der Waals surface area contributed by atoms with Crippen LogP contribution in [-0.4, -0.2) is 71.2 Å². The molecule has 2 saturated heterocycles. The predicted octanol–water partition coefficient (Wildman–Crippen LogP) is 3.52. The average molecular weight is 605 g/mol. The predicted molar refractivity (Wildman–Crippen MR) is 140 cm³/mol. The summed E-state index contributed by atoms with van der Waals surface area (Å²) in [5, 5.41) is 15.2. The topological polar surface area (TPSA) is 113 Å². The summed E-state index contributed by atoms with van der Waals surface area (Å²) in [6, 6.07) is 4.09. The van der Waals surface area contributed by atoms with Crippen molar-refractivity contribution >= 4 is 45.0 Å². The van der Waals surface area contributed by atoms with Gasteiger partial charge < -0.3 is 19.9 Å². The van der Waals surface area contributed by atoms with Crippen LogP contribution in [0, 0.1) is 17.2 Å². The number of aliphatic imine (C=N–C) groups is 1. The smallest absolute Gasteiger partial charge is 0.338 e.